The molecule has 0 heterocycles. The van der Waals surface area contributed by atoms with Crippen molar-refractivity contribution in [2.45, 2.75) is 0 Å². The van der Waals surface area contributed by atoms with Gasteiger partial charge in [-0.1, -0.05) is 48.0 Å². The topological polar surface area (TPSA) is 17.1 Å². The monoisotopic (exact) mass is 280 g/mol. The van der Waals surface area contributed by atoms with E-state index in [1.807, 2.05) is 30.3 Å². The Morgan fingerprint density at radius 2 is 1.80 bits per heavy atom. The molecule has 80 valence electrons. The van der Waals surface area contributed by atoms with Crippen molar-refractivity contribution in [3.63, 3.8) is 0 Å². The molecule has 15 heavy (non-hydrogen) atoms. The minimum Gasteiger partial charge on any atom is -0.285 e. The molecule has 0 aliphatic heterocycles. The van der Waals surface area contributed by atoms with E-state index in [1.54, 1.807) is 12.2 Å². The van der Waals surface area contributed by atoms with Crippen LogP contribution in [0.5, 0.6) is 0 Å². The lowest BCUT2D eigenvalue weighted by Crippen LogP contribution is -1.68. The van der Waals surface area contributed by atoms with Crippen LogP contribution in [0.1, 0.15) is 5.56 Å². The van der Waals surface area contributed by atoms with Crippen LogP contribution in [0, 0.1) is 0 Å². The Balaban J connectivity index is 2.75. The van der Waals surface area contributed by atoms with Gasteiger partial charge in [0.05, 0.1) is 0 Å². The quantitative estimate of drug-likeness (QED) is 0.532. The highest BCUT2D eigenvalue weighted by atomic mass is 35.9. The highest BCUT2D eigenvalue weighted by Gasteiger charge is 2.08. The maximum atomic E-state index is 11.0. The smallest absolute Gasteiger partial charge is 0.276 e. The molecule has 1 rings (SSSR count). The molecule has 0 aliphatic rings. The van der Waals surface area contributed by atoms with E-state index in [0.29, 0.717) is 0 Å². The number of rotatable bonds is 3. The standard InChI is InChI=1S/C10H8Cl3OP/c11-10(8-15(12,13)14)7-6-9-4-2-1-3-5-9/h1-8H. The molecule has 0 amide bonds. The summed E-state index contributed by atoms with van der Waals surface area (Å²) in [6.45, 7) is 0. The normalized spacial score (nSPS) is 13.4. The molecular weight excluding hydrogens is 273 g/mol. The summed E-state index contributed by atoms with van der Waals surface area (Å²) in [5, 5.41) is 0.257. The van der Waals surface area contributed by atoms with Crippen LogP contribution in [-0.2, 0) is 4.57 Å². The molecular formula is C10H8Cl3OP. The number of benzene rings is 1. The van der Waals surface area contributed by atoms with Gasteiger partial charge in [-0.15, -0.1) is 0 Å². The lowest BCUT2D eigenvalue weighted by Gasteiger charge is -1.93. The van der Waals surface area contributed by atoms with E-state index in [2.05, 4.69) is 0 Å². The molecule has 0 saturated carbocycles. The molecule has 0 N–H and O–H groups in total. The molecule has 0 aliphatic carbocycles. The van der Waals surface area contributed by atoms with Crippen molar-refractivity contribution in [3.05, 3.63) is 52.8 Å². The predicted octanol–water partition coefficient (Wildman–Crippen LogP) is 5.45. The second kappa shape index (κ2) is 5.77. The van der Waals surface area contributed by atoms with Crippen LogP contribution in [0.2, 0.25) is 0 Å². The molecule has 0 saturated heterocycles. The number of halogens is 3. The van der Waals surface area contributed by atoms with Gasteiger partial charge in [0.1, 0.15) is 0 Å². The first-order valence-electron chi connectivity index (χ1n) is 4.08. The van der Waals surface area contributed by atoms with Crippen LogP contribution in [-0.4, -0.2) is 0 Å². The van der Waals surface area contributed by atoms with Gasteiger partial charge >= 0.3 is 0 Å². The third-order valence-corrected chi connectivity index (χ3v) is 3.06. The lowest BCUT2D eigenvalue weighted by atomic mass is 10.2. The van der Waals surface area contributed by atoms with E-state index in [4.69, 9.17) is 34.1 Å². The molecule has 0 bridgehead atoms. The SMILES string of the molecule is O=P(Cl)(Cl)C=C(Cl)C=Cc1ccccc1. The van der Waals surface area contributed by atoms with Gasteiger partial charge in [-0.3, -0.25) is 4.57 Å². The van der Waals surface area contributed by atoms with E-state index in [9.17, 15) is 4.57 Å². The molecule has 0 fully saturated rings. The fourth-order valence-electron chi connectivity index (χ4n) is 0.927. The van der Waals surface area contributed by atoms with E-state index >= 15 is 0 Å². The molecule has 0 unspecified atom stereocenters. The van der Waals surface area contributed by atoms with Crippen molar-refractivity contribution in [1.82, 2.24) is 0 Å². The fraction of sp³-hybridized carbons (Fsp3) is 0. The van der Waals surface area contributed by atoms with Gasteiger partial charge in [0.2, 0.25) is 0 Å². The number of hydrogen-bond acceptors (Lipinski definition) is 1. The highest BCUT2D eigenvalue weighted by Crippen LogP contribution is 2.59. The molecule has 1 aromatic carbocycles. The Morgan fingerprint density at radius 3 is 2.33 bits per heavy atom. The van der Waals surface area contributed by atoms with E-state index in [-0.39, 0.29) is 5.03 Å². The lowest BCUT2D eigenvalue weighted by molar-refractivity contribution is 0.597. The molecule has 0 aromatic heterocycles. The molecule has 0 spiro atoms. The zero-order valence-corrected chi connectivity index (χ0v) is 10.8. The van der Waals surface area contributed by atoms with Crippen LogP contribution in [0.4, 0.5) is 0 Å². The van der Waals surface area contributed by atoms with Gasteiger partial charge in [-0.05, 0) is 34.1 Å². The van der Waals surface area contributed by atoms with Gasteiger partial charge in [0.15, 0.2) is 0 Å². The number of allylic oxidation sites excluding steroid dienone is 2. The molecule has 1 nitrogen and oxygen atoms in total. The first-order valence-corrected chi connectivity index (χ1v) is 8.04. The Morgan fingerprint density at radius 1 is 1.20 bits per heavy atom. The summed E-state index contributed by atoms with van der Waals surface area (Å²) in [4.78, 5) is 0. The third kappa shape index (κ3) is 6.06. The summed E-state index contributed by atoms with van der Waals surface area (Å²) in [5.41, 5.74) is 0.989. The number of hydrogen-bond donors (Lipinski definition) is 0. The van der Waals surface area contributed by atoms with Crippen LogP contribution < -0.4 is 0 Å². The summed E-state index contributed by atoms with van der Waals surface area (Å²) in [7, 11) is 0. The Hall–Kier alpha value is -0.200. The molecule has 5 heteroatoms. The van der Waals surface area contributed by atoms with E-state index in [0.717, 1.165) is 11.4 Å². The third-order valence-electron chi connectivity index (χ3n) is 1.51. The largest absolute Gasteiger partial charge is 0.285 e. The predicted molar refractivity (Wildman–Crippen MR) is 68.7 cm³/mol. The van der Waals surface area contributed by atoms with Crippen LogP contribution in [0.3, 0.4) is 0 Å². The first-order chi connectivity index (χ1) is 6.97. The minimum atomic E-state index is -3.24. The average molecular weight is 282 g/mol. The molecule has 0 radical (unpaired) electrons. The summed E-state index contributed by atoms with van der Waals surface area (Å²) in [6, 6.07) is 9.57. The van der Waals surface area contributed by atoms with Crippen molar-refractivity contribution < 1.29 is 4.57 Å². The van der Waals surface area contributed by atoms with Crippen molar-refractivity contribution in [3.8, 4) is 0 Å². The van der Waals surface area contributed by atoms with Crippen LogP contribution in [0.25, 0.3) is 6.08 Å². The summed E-state index contributed by atoms with van der Waals surface area (Å²) < 4.78 is 11.0. The maximum Gasteiger partial charge on any atom is 0.276 e. The van der Waals surface area contributed by atoms with Crippen molar-refractivity contribution >= 4 is 46.0 Å². The van der Waals surface area contributed by atoms with Crippen molar-refractivity contribution in [2.75, 3.05) is 0 Å². The minimum absolute atomic E-state index is 0.257. The molecule has 1 aromatic rings. The average Bonchev–Trinajstić information content (AvgIpc) is 2.14. The Labute approximate surface area is 103 Å². The zero-order chi connectivity index (χ0) is 11.3. The Bertz CT molecular complexity index is 420. The van der Waals surface area contributed by atoms with Crippen LogP contribution >= 0.6 is 39.9 Å². The van der Waals surface area contributed by atoms with E-state index in [1.165, 1.54) is 0 Å². The fourth-order valence-corrected chi connectivity index (χ4v) is 2.71. The molecule has 0 atom stereocenters. The van der Waals surface area contributed by atoms with Gasteiger partial charge in [0.25, 0.3) is 5.85 Å². The van der Waals surface area contributed by atoms with Crippen molar-refractivity contribution in [1.29, 1.82) is 0 Å². The van der Waals surface area contributed by atoms with E-state index < -0.39 is 5.85 Å². The summed E-state index contributed by atoms with van der Waals surface area (Å²) in [6.07, 6.45) is 3.37. The van der Waals surface area contributed by atoms with Crippen molar-refractivity contribution in [2.24, 2.45) is 0 Å². The van der Waals surface area contributed by atoms with Gasteiger partial charge < -0.3 is 0 Å². The maximum absolute atomic E-state index is 11.0. The second-order valence-corrected chi connectivity index (χ2v) is 7.99. The summed E-state index contributed by atoms with van der Waals surface area (Å²) in [5.74, 6) is -2.11. The van der Waals surface area contributed by atoms with Gasteiger partial charge in [0, 0.05) is 10.8 Å². The van der Waals surface area contributed by atoms with Crippen LogP contribution in [0.15, 0.2) is 47.3 Å². The second-order valence-electron chi connectivity index (χ2n) is 2.76. The highest BCUT2D eigenvalue weighted by molar-refractivity contribution is 8.10. The van der Waals surface area contributed by atoms with Gasteiger partial charge in [-0.2, -0.15) is 0 Å². The Kier molecular flexibility index (Phi) is 4.95. The summed E-state index contributed by atoms with van der Waals surface area (Å²) >= 11 is 16.4. The first kappa shape index (κ1) is 12.9. The van der Waals surface area contributed by atoms with Gasteiger partial charge in [-0.25, -0.2) is 0 Å². The zero-order valence-electron chi connectivity index (χ0n) is 7.61.